The Hall–Kier alpha value is -0.910. The molecule has 5 nitrogen and oxygen atoms in total. The molecule has 4 N–H and O–H groups in total. The third kappa shape index (κ3) is 6.27. The van der Waals surface area contributed by atoms with Gasteiger partial charge in [-0.05, 0) is 6.92 Å². The zero-order chi connectivity index (χ0) is 10.9. The summed E-state index contributed by atoms with van der Waals surface area (Å²) in [5.41, 5.74) is -1.39. The molecule has 0 heterocycles. The van der Waals surface area contributed by atoms with Gasteiger partial charge in [0, 0.05) is 0 Å². The van der Waals surface area contributed by atoms with Gasteiger partial charge in [0.15, 0.2) is 0 Å². The summed E-state index contributed by atoms with van der Waals surface area (Å²) in [5, 5.41) is 32.9. The normalized spacial score (nSPS) is 9.85. The predicted molar refractivity (Wildman–Crippen MR) is 47.2 cm³/mol. The van der Waals surface area contributed by atoms with E-state index in [2.05, 4.69) is 6.58 Å². The molecule has 0 bridgehead atoms. The maximum atomic E-state index is 10.2. The van der Waals surface area contributed by atoms with Crippen LogP contribution in [0.4, 0.5) is 0 Å². The molecule has 0 saturated heterocycles. The van der Waals surface area contributed by atoms with Crippen LogP contribution in [0.3, 0.4) is 0 Å². The summed E-state index contributed by atoms with van der Waals surface area (Å²) in [5.74, 6) is -1.19. The summed E-state index contributed by atoms with van der Waals surface area (Å²) in [7, 11) is 0. The standard InChI is InChI=1S/C5H10O4.C3H6O/c1-5(2-6,3-7)4(8)9;1-2-3-4/h6-7H,2-3H2,1H3,(H,8,9);2,4H,1,3H2. The Kier molecular flexibility index (Phi) is 8.68. The minimum atomic E-state index is -1.39. The van der Waals surface area contributed by atoms with Crippen molar-refractivity contribution in [3.8, 4) is 0 Å². The van der Waals surface area contributed by atoms with Crippen LogP contribution in [0, 0.1) is 5.41 Å². The minimum absolute atomic E-state index is 0.0833. The van der Waals surface area contributed by atoms with Gasteiger partial charge in [0.05, 0.1) is 19.8 Å². The van der Waals surface area contributed by atoms with E-state index in [4.69, 9.17) is 20.4 Å². The van der Waals surface area contributed by atoms with E-state index in [-0.39, 0.29) is 6.61 Å². The largest absolute Gasteiger partial charge is 0.481 e. The number of rotatable bonds is 4. The highest BCUT2D eigenvalue weighted by molar-refractivity contribution is 5.74. The number of carboxylic acids is 1. The van der Waals surface area contributed by atoms with Crippen LogP contribution >= 0.6 is 0 Å². The highest BCUT2D eigenvalue weighted by Crippen LogP contribution is 2.12. The number of aliphatic hydroxyl groups is 3. The fraction of sp³-hybridized carbons (Fsp3) is 0.625. The molecule has 5 heteroatoms. The Balaban J connectivity index is 0. The third-order valence-corrected chi connectivity index (χ3v) is 1.34. The number of hydrogen-bond acceptors (Lipinski definition) is 4. The SMILES string of the molecule is C=CCO.CC(CO)(CO)C(=O)O. The molecule has 0 unspecified atom stereocenters. The van der Waals surface area contributed by atoms with Gasteiger partial charge in [0.2, 0.25) is 0 Å². The van der Waals surface area contributed by atoms with Crippen molar-refractivity contribution in [2.24, 2.45) is 5.41 Å². The van der Waals surface area contributed by atoms with E-state index in [1.165, 1.54) is 13.0 Å². The first-order valence-corrected chi connectivity index (χ1v) is 3.65. The fourth-order valence-electron chi connectivity index (χ4n) is 0.185. The molecule has 0 aliphatic rings. The highest BCUT2D eigenvalue weighted by Gasteiger charge is 2.31. The average Bonchev–Trinajstić information content (AvgIpc) is 2.16. The monoisotopic (exact) mass is 192 g/mol. The maximum Gasteiger partial charge on any atom is 0.314 e. The molecule has 0 atom stereocenters. The van der Waals surface area contributed by atoms with Crippen LogP contribution in [0.5, 0.6) is 0 Å². The van der Waals surface area contributed by atoms with Crippen molar-refractivity contribution in [1.82, 2.24) is 0 Å². The van der Waals surface area contributed by atoms with E-state index in [1.807, 2.05) is 0 Å². The molecule has 0 aromatic rings. The molecular formula is C8H16O5. The van der Waals surface area contributed by atoms with Gasteiger partial charge in [-0.2, -0.15) is 0 Å². The van der Waals surface area contributed by atoms with Crippen LogP contribution in [-0.4, -0.2) is 46.2 Å². The maximum absolute atomic E-state index is 10.2. The van der Waals surface area contributed by atoms with Gasteiger partial charge in [-0.1, -0.05) is 6.08 Å². The molecule has 0 saturated carbocycles. The molecule has 0 amide bonds. The predicted octanol–water partition coefficient (Wildman–Crippen LogP) is -0.773. The minimum Gasteiger partial charge on any atom is -0.481 e. The summed E-state index contributed by atoms with van der Waals surface area (Å²) in [6, 6.07) is 0. The first kappa shape index (κ1) is 14.6. The second-order valence-electron chi connectivity index (χ2n) is 2.65. The summed E-state index contributed by atoms with van der Waals surface area (Å²) in [6.07, 6.45) is 1.43. The van der Waals surface area contributed by atoms with Gasteiger partial charge in [-0.25, -0.2) is 0 Å². The Morgan fingerprint density at radius 1 is 1.38 bits per heavy atom. The van der Waals surface area contributed by atoms with Gasteiger partial charge in [-0.15, -0.1) is 6.58 Å². The van der Waals surface area contributed by atoms with E-state index in [0.29, 0.717) is 0 Å². The topological polar surface area (TPSA) is 98.0 Å². The van der Waals surface area contributed by atoms with Crippen LogP contribution in [0.1, 0.15) is 6.92 Å². The Morgan fingerprint density at radius 3 is 1.69 bits per heavy atom. The van der Waals surface area contributed by atoms with Gasteiger partial charge in [0.25, 0.3) is 0 Å². The van der Waals surface area contributed by atoms with E-state index in [0.717, 1.165) is 0 Å². The summed E-state index contributed by atoms with van der Waals surface area (Å²) in [4.78, 5) is 10.2. The van der Waals surface area contributed by atoms with Crippen molar-refractivity contribution in [2.75, 3.05) is 19.8 Å². The van der Waals surface area contributed by atoms with Crippen molar-refractivity contribution < 1.29 is 25.2 Å². The quantitative estimate of drug-likeness (QED) is 0.438. The molecule has 0 aliphatic carbocycles. The van der Waals surface area contributed by atoms with Crippen molar-refractivity contribution in [3.05, 3.63) is 12.7 Å². The Morgan fingerprint density at radius 2 is 1.69 bits per heavy atom. The second-order valence-corrected chi connectivity index (χ2v) is 2.65. The third-order valence-electron chi connectivity index (χ3n) is 1.34. The molecule has 0 rings (SSSR count). The number of hydrogen-bond donors (Lipinski definition) is 4. The molecule has 0 aromatic heterocycles. The van der Waals surface area contributed by atoms with Crippen molar-refractivity contribution in [2.45, 2.75) is 6.92 Å². The van der Waals surface area contributed by atoms with Gasteiger partial charge in [0.1, 0.15) is 5.41 Å². The lowest BCUT2D eigenvalue weighted by atomic mass is 9.94. The Labute approximate surface area is 76.9 Å². The fourth-order valence-corrected chi connectivity index (χ4v) is 0.185. The van der Waals surface area contributed by atoms with Crippen LogP contribution in [-0.2, 0) is 4.79 Å². The lowest BCUT2D eigenvalue weighted by Crippen LogP contribution is -2.35. The van der Waals surface area contributed by atoms with Gasteiger partial charge < -0.3 is 20.4 Å². The molecule has 0 aromatic carbocycles. The first-order chi connectivity index (χ1) is 5.98. The van der Waals surface area contributed by atoms with E-state index in [1.54, 1.807) is 0 Å². The number of aliphatic hydroxyl groups excluding tert-OH is 3. The van der Waals surface area contributed by atoms with E-state index >= 15 is 0 Å². The lowest BCUT2D eigenvalue weighted by molar-refractivity contribution is -0.152. The zero-order valence-corrected chi connectivity index (χ0v) is 7.60. The van der Waals surface area contributed by atoms with Crippen LogP contribution in [0.25, 0.3) is 0 Å². The van der Waals surface area contributed by atoms with Crippen molar-refractivity contribution >= 4 is 5.97 Å². The van der Waals surface area contributed by atoms with Gasteiger partial charge >= 0.3 is 5.97 Å². The van der Waals surface area contributed by atoms with Crippen LogP contribution in [0.15, 0.2) is 12.7 Å². The summed E-state index contributed by atoms with van der Waals surface area (Å²) >= 11 is 0. The molecule has 0 spiro atoms. The summed E-state index contributed by atoms with van der Waals surface area (Å²) in [6.45, 7) is 3.50. The number of aliphatic carboxylic acids is 1. The van der Waals surface area contributed by atoms with Gasteiger partial charge in [-0.3, -0.25) is 4.79 Å². The molecular weight excluding hydrogens is 176 g/mol. The second kappa shape index (κ2) is 7.72. The number of carboxylic acid groups (broad SMARTS) is 1. The average molecular weight is 192 g/mol. The zero-order valence-electron chi connectivity index (χ0n) is 7.60. The number of carbonyl (C=O) groups is 1. The van der Waals surface area contributed by atoms with E-state index in [9.17, 15) is 4.79 Å². The van der Waals surface area contributed by atoms with Crippen LogP contribution < -0.4 is 0 Å². The molecule has 0 radical (unpaired) electrons. The lowest BCUT2D eigenvalue weighted by Gasteiger charge is -2.17. The van der Waals surface area contributed by atoms with E-state index < -0.39 is 24.6 Å². The van der Waals surface area contributed by atoms with Crippen molar-refractivity contribution in [3.63, 3.8) is 0 Å². The smallest absolute Gasteiger partial charge is 0.314 e. The Bertz CT molecular complexity index is 151. The van der Waals surface area contributed by atoms with Crippen molar-refractivity contribution in [1.29, 1.82) is 0 Å². The first-order valence-electron chi connectivity index (χ1n) is 3.65. The molecule has 0 fully saturated rings. The molecule has 13 heavy (non-hydrogen) atoms. The molecule has 0 aliphatic heterocycles. The molecule has 78 valence electrons. The van der Waals surface area contributed by atoms with Crippen LogP contribution in [0.2, 0.25) is 0 Å². The summed E-state index contributed by atoms with van der Waals surface area (Å²) < 4.78 is 0. The highest BCUT2D eigenvalue weighted by atomic mass is 16.4.